The molecule has 0 N–H and O–H groups in total. The van der Waals surface area contributed by atoms with Gasteiger partial charge in [0.15, 0.2) is 0 Å². The van der Waals surface area contributed by atoms with E-state index in [4.69, 9.17) is 0 Å². The summed E-state index contributed by atoms with van der Waals surface area (Å²) in [6.45, 7) is 10.5. The molecule has 0 aliphatic heterocycles. The normalized spacial score (nSPS) is 34.5. The van der Waals surface area contributed by atoms with Crippen LogP contribution in [0.1, 0.15) is 73.1 Å². The van der Waals surface area contributed by atoms with Gasteiger partial charge >= 0.3 is 0 Å². The van der Waals surface area contributed by atoms with Gasteiger partial charge in [-0.15, -0.1) is 0 Å². The molecule has 0 aromatic rings. The van der Waals surface area contributed by atoms with Crippen molar-refractivity contribution in [1.29, 1.82) is 0 Å². The van der Waals surface area contributed by atoms with Crippen molar-refractivity contribution in [3.63, 3.8) is 0 Å². The zero-order valence-corrected chi connectivity index (χ0v) is 11.0. The molecule has 2 rings (SSSR count). The molecule has 3 atom stereocenters. The van der Waals surface area contributed by atoms with E-state index in [9.17, 15) is 0 Å². The molecule has 3 unspecified atom stereocenters. The molecule has 0 saturated heterocycles. The number of hydrogen-bond acceptors (Lipinski definition) is 0. The Morgan fingerprint density at radius 3 is 1.86 bits per heavy atom. The molecule has 0 radical (unpaired) electrons. The van der Waals surface area contributed by atoms with Gasteiger partial charge in [0.2, 0.25) is 0 Å². The lowest BCUT2D eigenvalue weighted by molar-refractivity contribution is 0.238. The number of hydrogen-bond donors (Lipinski definition) is 0. The largest absolute Gasteiger partial charge is 0.0683 e. The first-order valence-electron chi connectivity index (χ1n) is 6.88. The second-order valence-electron chi connectivity index (χ2n) is 4.26. The van der Waals surface area contributed by atoms with E-state index >= 15 is 0 Å². The summed E-state index contributed by atoms with van der Waals surface area (Å²) in [7, 11) is 0. The van der Waals surface area contributed by atoms with Gasteiger partial charge in [0, 0.05) is 0 Å². The second kappa shape index (κ2) is 8.32. The monoisotopic (exact) mass is 198 g/mol. The fraction of sp³-hybridized carbons (Fsp3) is 1.00. The lowest BCUT2D eigenvalue weighted by atomic mass is 9.79. The summed E-state index contributed by atoms with van der Waals surface area (Å²) in [6.07, 6.45) is 9.21. The maximum atomic E-state index is 2.45. The Kier molecular flexibility index (Phi) is 8.32. The van der Waals surface area contributed by atoms with Crippen LogP contribution in [0.2, 0.25) is 0 Å². The number of rotatable bonds is 0. The molecule has 0 heteroatoms. The second-order valence-corrected chi connectivity index (χ2v) is 4.26. The van der Waals surface area contributed by atoms with Gasteiger partial charge in [-0.3, -0.25) is 0 Å². The molecule has 0 heterocycles. The molecule has 2 aliphatic rings. The summed E-state index contributed by atoms with van der Waals surface area (Å²) >= 11 is 0. The molecule has 2 aliphatic carbocycles. The van der Waals surface area contributed by atoms with Crippen LogP contribution in [0.25, 0.3) is 0 Å². The van der Waals surface area contributed by atoms with E-state index in [2.05, 4.69) is 6.92 Å². The van der Waals surface area contributed by atoms with Crippen LogP contribution in [-0.4, -0.2) is 0 Å². The van der Waals surface area contributed by atoms with Gasteiger partial charge in [0.05, 0.1) is 0 Å². The quantitative estimate of drug-likeness (QED) is 0.497. The van der Waals surface area contributed by atoms with Crippen LogP contribution in [0.5, 0.6) is 0 Å². The summed E-state index contributed by atoms with van der Waals surface area (Å²) in [4.78, 5) is 0. The zero-order chi connectivity index (χ0) is 11.0. The van der Waals surface area contributed by atoms with Crippen molar-refractivity contribution in [1.82, 2.24) is 0 Å². The minimum atomic E-state index is 1.06. The SMILES string of the molecule is CC.CC.CC1CCC2CCCCC12. The Balaban J connectivity index is 0.000000379. The third-order valence-corrected chi connectivity index (χ3v) is 3.69. The van der Waals surface area contributed by atoms with Crippen molar-refractivity contribution < 1.29 is 0 Å². The van der Waals surface area contributed by atoms with Crippen molar-refractivity contribution >= 4 is 0 Å². The summed E-state index contributed by atoms with van der Waals surface area (Å²) in [5, 5.41) is 0. The van der Waals surface area contributed by atoms with Gasteiger partial charge in [-0.25, -0.2) is 0 Å². The van der Waals surface area contributed by atoms with E-state index in [-0.39, 0.29) is 0 Å². The van der Waals surface area contributed by atoms with Gasteiger partial charge in [-0.2, -0.15) is 0 Å². The topological polar surface area (TPSA) is 0 Å². The summed E-state index contributed by atoms with van der Waals surface area (Å²) in [5.41, 5.74) is 0. The van der Waals surface area contributed by atoms with Gasteiger partial charge in [0.25, 0.3) is 0 Å². The standard InChI is InChI=1S/C10H18.2C2H6/c1-8-6-7-9-4-2-3-5-10(8)9;2*1-2/h8-10H,2-7H2,1H3;2*1-2H3. The zero-order valence-electron chi connectivity index (χ0n) is 11.0. The molecule has 0 aromatic carbocycles. The molecule has 2 saturated carbocycles. The Morgan fingerprint density at radius 2 is 1.29 bits per heavy atom. The van der Waals surface area contributed by atoms with Crippen LogP contribution in [0.4, 0.5) is 0 Å². The molecule has 0 aromatic heterocycles. The molecule has 0 bridgehead atoms. The van der Waals surface area contributed by atoms with Crippen molar-refractivity contribution in [2.24, 2.45) is 17.8 Å². The first-order chi connectivity index (χ1) is 6.88. The van der Waals surface area contributed by atoms with Crippen molar-refractivity contribution in [2.75, 3.05) is 0 Å². The molecule has 0 spiro atoms. The highest BCUT2D eigenvalue weighted by molar-refractivity contribution is 4.85. The van der Waals surface area contributed by atoms with Gasteiger partial charge in [-0.05, 0) is 30.6 Å². The maximum absolute atomic E-state index is 2.45. The fourth-order valence-electron chi connectivity index (χ4n) is 3.03. The van der Waals surface area contributed by atoms with E-state index in [1.54, 1.807) is 19.3 Å². The Bertz CT molecular complexity index is 115. The van der Waals surface area contributed by atoms with E-state index in [1.165, 1.54) is 19.3 Å². The maximum Gasteiger partial charge on any atom is -0.0360 e. The summed E-state index contributed by atoms with van der Waals surface area (Å²) in [6, 6.07) is 0. The minimum Gasteiger partial charge on any atom is -0.0683 e. The van der Waals surface area contributed by atoms with Gasteiger partial charge in [0.1, 0.15) is 0 Å². The summed E-state index contributed by atoms with van der Waals surface area (Å²) < 4.78 is 0. The van der Waals surface area contributed by atoms with Crippen LogP contribution >= 0.6 is 0 Å². The van der Waals surface area contributed by atoms with Crippen LogP contribution < -0.4 is 0 Å². The van der Waals surface area contributed by atoms with E-state index in [1.807, 2.05) is 27.7 Å². The average molecular weight is 198 g/mol. The Labute approximate surface area is 91.5 Å². The molecular formula is C14H30. The molecule has 0 nitrogen and oxygen atoms in total. The van der Waals surface area contributed by atoms with Crippen LogP contribution in [0.15, 0.2) is 0 Å². The smallest absolute Gasteiger partial charge is 0.0360 e. The average Bonchev–Trinajstić information content (AvgIpc) is 2.67. The van der Waals surface area contributed by atoms with E-state index in [0.717, 1.165) is 17.8 Å². The van der Waals surface area contributed by atoms with Crippen LogP contribution in [-0.2, 0) is 0 Å². The van der Waals surface area contributed by atoms with Gasteiger partial charge < -0.3 is 0 Å². The highest BCUT2D eigenvalue weighted by atomic mass is 14.4. The highest BCUT2D eigenvalue weighted by Gasteiger charge is 2.34. The molecule has 0 amide bonds. The van der Waals surface area contributed by atoms with Crippen molar-refractivity contribution in [3.8, 4) is 0 Å². The predicted molar refractivity (Wildman–Crippen MR) is 66.5 cm³/mol. The molecule has 2 fully saturated rings. The van der Waals surface area contributed by atoms with E-state index in [0.29, 0.717) is 0 Å². The summed E-state index contributed by atoms with van der Waals surface area (Å²) in [5.74, 6) is 3.34. The lowest BCUT2D eigenvalue weighted by Crippen LogP contribution is -2.17. The first kappa shape index (κ1) is 14.0. The van der Waals surface area contributed by atoms with Crippen LogP contribution in [0.3, 0.4) is 0 Å². The molecule has 14 heavy (non-hydrogen) atoms. The predicted octanol–water partition coefficient (Wildman–Crippen LogP) is 5.28. The van der Waals surface area contributed by atoms with Crippen molar-refractivity contribution in [2.45, 2.75) is 73.1 Å². The lowest BCUT2D eigenvalue weighted by Gasteiger charge is -2.27. The molecular weight excluding hydrogens is 168 g/mol. The Hall–Kier alpha value is 0. The van der Waals surface area contributed by atoms with E-state index < -0.39 is 0 Å². The third-order valence-electron chi connectivity index (χ3n) is 3.69. The number of fused-ring (bicyclic) bond motifs is 1. The Morgan fingerprint density at radius 1 is 0.714 bits per heavy atom. The third kappa shape index (κ3) is 3.63. The first-order valence-corrected chi connectivity index (χ1v) is 6.88. The fourth-order valence-corrected chi connectivity index (χ4v) is 3.03. The van der Waals surface area contributed by atoms with Crippen molar-refractivity contribution in [3.05, 3.63) is 0 Å². The van der Waals surface area contributed by atoms with Gasteiger partial charge in [-0.1, -0.05) is 60.3 Å². The van der Waals surface area contributed by atoms with Crippen LogP contribution in [0, 0.1) is 17.8 Å². The minimum absolute atomic E-state index is 1.06. The molecule has 86 valence electrons. The highest BCUT2D eigenvalue weighted by Crippen LogP contribution is 2.45.